The highest BCUT2D eigenvalue weighted by molar-refractivity contribution is 9.10. The van der Waals surface area contributed by atoms with Gasteiger partial charge in [0.2, 0.25) is 0 Å². The number of hydrogen-bond donors (Lipinski definition) is 1. The van der Waals surface area contributed by atoms with Crippen molar-refractivity contribution in [3.63, 3.8) is 0 Å². The molecule has 0 saturated heterocycles. The van der Waals surface area contributed by atoms with Crippen molar-refractivity contribution in [3.05, 3.63) is 40.9 Å². The number of aryl methyl sites for hydroxylation is 1. The highest BCUT2D eigenvalue weighted by Crippen LogP contribution is 2.38. The normalized spacial score (nSPS) is 13.8. The van der Waals surface area contributed by atoms with Crippen molar-refractivity contribution in [3.8, 4) is 11.5 Å². The average molecular weight is 380 g/mol. The zero-order valence-corrected chi connectivity index (χ0v) is 14.7. The zero-order chi connectivity index (χ0) is 15.9. The van der Waals surface area contributed by atoms with Gasteiger partial charge in [0.05, 0.1) is 24.0 Å². The molecule has 2 heterocycles. The molecule has 0 amide bonds. The molecule has 0 unspecified atom stereocenters. The van der Waals surface area contributed by atoms with E-state index >= 15 is 0 Å². The number of nitrogens with zero attached hydrogens (tertiary/aromatic N) is 2. The van der Waals surface area contributed by atoms with Gasteiger partial charge in [0, 0.05) is 31.9 Å². The molecule has 1 aromatic heterocycles. The summed E-state index contributed by atoms with van der Waals surface area (Å²) in [7, 11) is 0. The van der Waals surface area contributed by atoms with E-state index in [1.165, 1.54) is 5.56 Å². The molecule has 1 aliphatic heterocycles. The van der Waals surface area contributed by atoms with Gasteiger partial charge in [-0.3, -0.25) is 0 Å². The van der Waals surface area contributed by atoms with E-state index in [0.717, 1.165) is 54.9 Å². The summed E-state index contributed by atoms with van der Waals surface area (Å²) < 4.78 is 14.6. The number of fused-ring (bicyclic) bond motifs is 1. The topological polar surface area (TPSA) is 48.3 Å². The summed E-state index contributed by atoms with van der Waals surface area (Å²) in [6.45, 7) is 4.28. The smallest absolute Gasteiger partial charge is 0.175 e. The Morgan fingerprint density at radius 1 is 1.22 bits per heavy atom. The maximum atomic E-state index is 5.76. The van der Waals surface area contributed by atoms with Crippen molar-refractivity contribution >= 4 is 15.9 Å². The van der Waals surface area contributed by atoms with E-state index in [2.05, 4.69) is 42.9 Å². The van der Waals surface area contributed by atoms with E-state index in [0.29, 0.717) is 13.2 Å². The monoisotopic (exact) mass is 379 g/mol. The Balaban J connectivity index is 1.43. The summed E-state index contributed by atoms with van der Waals surface area (Å²) in [5.74, 6) is 1.67. The third-order valence-electron chi connectivity index (χ3n) is 3.77. The number of halogens is 1. The molecule has 23 heavy (non-hydrogen) atoms. The molecule has 0 aliphatic carbocycles. The number of nitrogens with one attached hydrogen (secondary N) is 1. The summed E-state index contributed by atoms with van der Waals surface area (Å²) in [6.07, 6.45) is 8.90. The van der Waals surface area contributed by atoms with Crippen LogP contribution >= 0.6 is 15.9 Å². The number of hydrogen-bond acceptors (Lipinski definition) is 4. The molecule has 6 heteroatoms. The Labute approximate surface area is 145 Å². The molecule has 0 radical (unpaired) electrons. The lowest BCUT2D eigenvalue weighted by atomic mass is 10.2. The number of imidazole rings is 1. The molecule has 1 aromatic carbocycles. The van der Waals surface area contributed by atoms with Crippen LogP contribution in [0.5, 0.6) is 11.5 Å². The highest BCUT2D eigenvalue weighted by Gasteiger charge is 2.15. The maximum Gasteiger partial charge on any atom is 0.175 e. The van der Waals surface area contributed by atoms with Crippen LogP contribution in [0.15, 0.2) is 35.3 Å². The first-order valence-corrected chi connectivity index (χ1v) is 8.87. The van der Waals surface area contributed by atoms with Crippen LogP contribution in [0, 0.1) is 0 Å². The highest BCUT2D eigenvalue weighted by atomic mass is 79.9. The molecule has 124 valence electrons. The number of rotatable bonds is 7. The van der Waals surface area contributed by atoms with Crippen molar-refractivity contribution in [1.82, 2.24) is 14.9 Å². The van der Waals surface area contributed by atoms with Crippen molar-refractivity contribution < 1.29 is 9.47 Å². The van der Waals surface area contributed by atoms with E-state index in [1.807, 2.05) is 18.7 Å². The van der Waals surface area contributed by atoms with Crippen LogP contribution in [0.2, 0.25) is 0 Å². The molecule has 0 saturated carbocycles. The molecular weight excluding hydrogens is 358 g/mol. The third-order valence-corrected chi connectivity index (χ3v) is 4.36. The SMILES string of the molecule is Brc1cc(CNCCCCn2ccnc2)cc2c1OCCCO2. The number of ether oxygens (including phenoxy) is 2. The standard InChI is InChI=1S/C17H22BrN3O2/c18-15-10-14(11-16-17(15)23-9-3-8-22-16)12-19-4-1-2-6-21-7-5-20-13-21/h5,7,10-11,13,19H,1-4,6,8-9,12H2. The second-order valence-electron chi connectivity index (χ2n) is 5.64. The van der Waals surface area contributed by atoms with E-state index < -0.39 is 0 Å². The Morgan fingerprint density at radius 2 is 2.13 bits per heavy atom. The Morgan fingerprint density at radius 3 is 3.00 bits per heavy atom. The van der Waals surface area contributed by atoms with E-state index in [-0.39, 0.29) is 0 Å². The molecule has 1 aliphatic rings. The largest absolute Gasteiger partial charge is 0.490 e. The average Bonchev–Trinajstić information content (AvgIpc) is 2.94. The predicted octanol–water partition coefficient (Wildman–Crippen LogP) is 3.38. The molecular formula is C17H22BrN3O2. The van der Waals surface area contributed by atoms with Gasteiger partial charge in [-0.1, -0.05) is 0 Å². The summed E-state index contributed by atoms with van der Waals surface area (Å²) in [5.41, 5.74) is 1.20. The fourth-order valence-corrected chi connectivity index (χ4v) is 3.19. The second kappa shape index (κ2) is 8.36. The summed E-state index contributed by atoms with van der Waals surface area (Å²) in [4.78, 5) is 4.05. The Hall–Kier alpha value is -1.53. The van der Waals surface area contributed by atoms with Gasteiger partial charge in [0.1, 0.15) is 0 Å². The van der Waals surface area contributed by atoms with Crippen molar-refractivity contribution in [2.24, 2.45) is 0 Å². The fourth-order valence-electron chi connectivity index (χ4n) is 2.58. The van der Waals surface area contributed by atoms with Crippen molar-refractivity contribution in [1.29, 1.82) is 0 Å². The molecule has 5 nitrogen and oxygen atoms in total. The van der Waals surface area contributed by atoms with E-state index in [9.17, 15) is 0 Å². The van der Waals surface area contributed by atoms with Crippen molar-refractivity contribution in [2.75, 3.05) is 19.8 Å². The maximum absolute atomic E-state index is 5.76. The number of benzene rings is 1. The first kappa shape index (κ1) is 16.3. The quantitative estimate of drug-likeness (QED) is 0.749. The van der Waals surface area contributed by atoms with Gasteiger partial charge >= 0.3 is 0 Å². The summed E-state index contributed by atoms with van der Waals surface area (Å²) >= 11 is 3.58. The van der Waals surface area contributed by atoms with Gasteiger partial charge in [-0.15, -0.1) is 0 Å². The molecule has 1 N–H and O–H groups in total. The molecule has 0 fully saturated rings. The first-order chi connectivity index (χ1) is 11.3. The van der Waals surface area contributed by atoms with Crippen LogP contribution in [0.3, 0.4) is 0 Å². The lowest BCUT2D eigenvalue weighted by Gasteiger charge is -2.12. The van der Waals surface area contributed by atoms with E-state index in [1.54, 1.807) is 0 Å². The fraction of sp³-hybridized carbons (Fsp3) is 0.471. The van der Waals surface area contributed by atoms with Gasteiger partial charge in [-0.2, -0.15) is 0 Å². The number of unbranched alkanes of at least 4 members (excludes halogenated alkanes) is 1. The molecule has 2 aromatic rings. The van der Waals surface area contributed by atoms with Crippen LogP contribution in [-0.2, 0) is 13.1 Å². The third kappa shape index (κ3) is 4.72. The van der Waals surface area contributed by atoms with Crippen LogP contribution in [0.1, 0.15) is 24.8 Å². The molecule has 0 atom stereocenters. The predicted molar refractivity (Wildman–Crippen MR) is 92.9 cm³/mol. The first-order valence-electron chi connectivity index (χ1n) is 8.07. The minimum Gasteiger partial charge on any atom is -0.490 e. The Kier molecular flexibility index (Phi) is 5.93. The van der Waals surface area contributed by atoms with Crippen LogP contribution in [0.4, 0.5) is 0 Å². The van der Waals surface area contributed by atoms with Gasteiger partial charge < -0.3 is 19.4 Å². The van der Waals surface area contributed by atoms with Gasteiger partial charge in [-0.05, 0) is 53.0 Å². The minimum atomic E-state index is 0.708. The lowest BCUT2D eigenvalue weighted by Crippen LogP contribution is -2.15. The second-order valence-corrected chi connectivity index (χ2v) is 6.49. The van der Waals surface area contributed by atoms with Crippen molar-refractivity contribution in [2.45, 2.75) is 32.4 Å². The number of aromatic nitrogens is 2. The van der Waals surface area contributed by atoms with Crippen LogP contribution < -0.4 is 14.8 Å². The lowest BCUT2D eigenvalue weighted by molar-refractivity contribution is 0.296. The van der Waals surface area contributed by atoms with Gasteiger partial charge in [-0.25, -0.2) is 4.98 Å². The Bertz CT molecular complexity index is 617. The zero-order valence-electron chi connectivity index (χ0n) is 13.1. The van der Waals surface area contributed by atoms with Crippen LogP contribution in [0.25, 0.3) is 0 Å². The molecule has 3 rings (SSSR count). The van der Waals surface area contributed by atoms with Gasteiger partial charge in [0.15, 0.2) is 11.5 Å². The summed E-state index contributed by atoms with van der Waals surface area (Å²) in [5, 5.41) is 3.49. The van der Waals surface area contributed by atoms with Gasteiger partial charge in [0.25, 0.3) is 0 Å². The summed E-state index contributed by atoms with van der Waals surface area (Å²) in [6, 6.07) is 4.18. The van der Waals surface area contributed by atoms with E-state index in [4.69, 9.17) is 9.47 Å². The minimum absolute atomic E-state index is 0.708. The molecule has 0 bridgehead atoms. The van der Waals surface area contributed by atoms with Crippen LogP contribution in [-0.4, -0.2) is 29.3 Å². The molecule has 0 spiro atoms.